The standard InChI is InChI=1S/C17H16BrFO/c18-16-10-14(19)7-8-15(16)17(20)13-6-2-5-12(9-13)11-3-1-4-11/h2,5-11,17,20H,1,3-4H2. The van der Waals surface area contributed by atoms with Crippen molar-refractivity contribution in [3.05, 3.63) is 69.4 Å². The van der Waals surface area contributed by atoms with Gasteiger partial charge in [0.1, 0.15) is 11.9 Å². The maximum Gasteiger partial charge on any atom is 0.124 e. The lowest BCUT2D eigenvalue weighted by Gasteiger charge is -2.26. The average molecular weight is 335 g/mol. The molecule has 0 radical (unpaired) electrons. The first-order valence-electron chi connectivity index (χ1n) is 6.88. The largest absolute Gasteiger partial charge is 0.384 e. The molecule has 1 N–H and O–H groups in total. The summed E-state index contributed by atoms with van der Waals surface area (Å²) in [6, 6.07) is 12.5. The summed E-state index contributed by atoms with van der Waals surface area (Å²) >= 11 is 3.32. The molecule has 2 aromatic carbocycles. The first-order valence-corrected chi connectivity index (χ1v) is 7.67. The summed E-state index contributed by atoms with van der Waals surface area (Å²) in [6.45, 7) is 0. The van der Waals surface area contributed by atoms with Gasteiger partial charge in [-0.15, -0.1) is 0 Å². The highest BCUT2D eigenvalue weighted by Crippen LogP contribution is 2.38. The van der Waals surface area contributed by atoms with Crippen LogP contribution in [-0.2, 0) is 0 Å². The van der Waals surface area contributed by atoms with E-state index in [1.54, 1.807) is 6.07 Å². The van der Waals surface area contributed by atoms with Gasteiger partial charge in [-0.1, -0.05) is 52.7 Å². The molecule has 0 bridgehead atoms. The predicted octanol–water partition coefficient (Wildman–Crippen LogP) is 4.94. The van der Waals surface area contributed by atoms with E-state index in [2.05, 4.69) is 28.1 Å². The molecule has 0 spiro atoms. The molecule has 0 aliphatic heterocycles. The van der Waals surface area contributed by atoms with Gasteiger partial charge in [-0.25, -0.2) is 4.39 Å². The van der Waals surface area contributed by atoms with Crippen LogP contribution in [0.25, 0.3) is 0 Å². The number of hydrogen-bond donors (Lipinski definition) is 1. The highest BCUT2D eigenvalue weighted by atomic mass is 79.9. The summed E-state index contributed by atoms with van der Waals surface area (Å²) in [7, 11) is 0. The van der Waals surface area contributed by atoms with Crippen LogP contribution < -0.4 is 0 Å². The highest BCUT2D eigenvalue weighted by Gasteiger charge is 2.21. The first kappa shape index (κ1) is 13.8. The summed E-state index contributed by atoms with van der Waals surface area (Å²) in [5.41, 5.74) is 2.85. The van der Waals surface area contributed by atoms with Crippen molar-refractivity contribution >= 4 is 15.9 Å². The Bertz CT molecular complexity index is 622. The third-order valence-electron chi connectivity index (χ3n) is 4.06. The number of benzene rings is 2. The minimum Gasteiger partial charge on any atom is -0.384 e. The van der Waals surface area contributed by atoms with Crippen LogP contribution in [-0.4, -0.2) is 5.11 Å². The summed E-state index contributed by atoms with van der Waals surface area (Å²) in [5.74, 6) is 0.329. The molecule has 1 unspecified atom stereocenters. The Morgan fingerprint density at radius 3 is 2.60 bits per heavy atom. The molecule has 3 heteroatoms. The average Bonchev–Trinajstić information content (AvgIpc) is 2.36. The van der Waals surface area contributed by atoms with Gasteiger partial charge in [0.25, 0.3) is 0 Å². The smallest absolute Gasteiger partial charge is 0.124 e. The molecule has 0 amide bonds. The van der Waals surface area contributed by atoms with Gasteiger partial charge in [-0.2, -0.15) is 0 Å². The minimum atomic E-state index is -0.731. The lowest BCUT2D eigenvalue weighted by molar-refractivity contribution is 0.219. The van der Waals surface area contributed by atoms with Crippen molar-refractivity contribution in [1.82, 2.24) is 0 Å². The third-order valence-corrected chi connectivity index (χ3v) is 4.75. The molecule has 1 nitrogen and oxygen atoms in total. The van der Waals surface area contributed by atoms with E-state index >= 15 is 0 Å². The molecule has 0 saturated heterocycles. The summed E-state index contributed by atoms with van der Waals surface area (Å²) in [5, 5.41) is 10.5. The van der Waals surface area contributed by atoms with Crippen molar-refractivity contribution in [2.45, 2.75) is 31.3 Å². The van der Waals surface area contributed by atoms with E-state index in [-0.39, 0.29) is 5.82 Å². The van der Waals surface area contributed by atoms with Gasteiger partial charge in [0.05, 0.1) is 0 Å². The molecule has 20 heavy (non-hydrogen) atoms. The molecule has 0 heterocycles. The molecule has 104 valence electrons. The van der Waals surface area contributed by atoms with E-state index in [0.29, 0.717) is 16.0 Å². The van der Waals surface area contributed by atoms with E-state index in [4.69, 9.17) is 0 Å². The van der Waals surface area contributed by atoms with Crippen molar-refractivity contribution in [3.63, 3.8) is 0 Å². The molecular weight excluding hydrogens is 319 g/mol. The van der Waals surface area contributed by atoms with Crippen molar-refractivity contribution in [3.8, 4) is 0 Å². The van der Waals surface area contributed by atoms with Gasteiger partial charge < -0.3 is 5.11 Å². The van der Waals surface area contributed by atoms with E-state index < -0.39 is 6.10 Å². The van der Waals surface area contributed by atoms with Gasteiger partial charge in [0.2, 0.25) is 0 Å². The monoisotopic (exact) mass is 334 g/mol. The Balaban J connectivity index is 1.91. The van der Waals surface area contributed by atoms with Gasteiger partial charge in [-0.3, -0.25) is 0 Å². The Kier molecular flexibility index (Phi) is 3.90. The topological polar surface area (TPSA) is 20.2 Å². The van der Waals surface area contributed by atoms with E-state index in [0.717, 1.165) is 5.56 Å². The number of halogens is 2. The zero-order chi connectivity index (χ0) is 14.1. The molecule has 2 aromatic rings. The molecule has 1 aliphatic carbocycles. The van der Waals surface area contributed by atoms with Gasteiger partial charge >= 0.3 is 0 Å². The second-order valence-corrected chi connectivity index (χ2v) is 6.22. The maximum absolute atomic E-state index is 13.1. The van der Waals surface area contributed by atoms with Crippen LogP contribution in [0.4, 0.5) is 4.39 Å². The Morgan fingerprint density at radius 1 is 1.15 bits per heavy atom. The SMILES string of the molecule is OC(c1cccc(C2CCC2)c1)c1ccc(F)cc1Br. The van der Waals surface area contributed by atoms with Crippen LogP contribution in [0.1, 0.15) is 48.0 Å². The van der Waals surface area contributed by atoms with E-state index in [1.807, 2.05) is 12.1 Å². The Morgan fingerprint density at radius 2 is 1.95 bits per heavy atom. The van der Waals surface area contributed by atoms with Gasteiger partial charge in [0.15, 0.2) is 0 Å². The Labute approximate surface area is 126 Å². The summed E-state index contributed by atoms with van der Waals surface area (Å²) in [4.78, 5) is 0. The number of rotatable bonds is 3. The third kappa shape index (κ3) is 2.65. The lowest BCUT2D eigenvalue weighted by Crippen LogP contribution is -2.10. The van der Waals surface area contributed by atoms with Crippen LogP contribution in [0.3, 0.4) is 0 Å². The molecule has 3 rings (SSSR count). The van der Waals surface area contributed by atoms with Crippen LogP contribution in [0.5, 0.6) is 0 Å². The van der Waals surface area contributed by atoms with E-state index in [1.165, 1.54) is 37.0 Å². The normalized spacial score (nSPS) is 16.8. The maximum atomic E-state index is 13.1. The molecule has 1 aliphatic rings. The van der Waals surface area contributed by atoms with Crippen molar-refractivity contribution < 1.29 is 9.50 Å². The number of aliphatic hydroxyl groups excluding tert-OH is 1. The molecule has 1 atom stereocenters. The molecule has 1 fully saturated rings. The van der Waals surface area contributed by atoms with Gasteiger partial charge in [-0.05, 0) is 47.6 Å². The number of hydrogen-bond acceptors (Lipinski definition) is 1. The predicted molar refractivity (Wildman–Crippen MR) is 81.2 cm³/mol. The second kappa shape index (κ2) is 5.66. The fourth-order valence-corrected chi connectivity index (χ4v) is 3.20. The zero-order valence-corrected chi connectivity index (χ0v) is 12.6. The lowest BCUT2D eigenvalue weighted by atomic mass is 9.79. The van der Waals surface area contributed by atoms with Crippen LogP contribution in [0.2, 0.25) is 0 Å². The summed E-state index contributed by atoms with van der Waals surface area (Å²) in [6.07, 6.45) is 3.03. The van der Waals surface area contributed by atoms with Crippen LogP contribution in [0, 0.1) is 5.82 Å². The first-order chi connectivity index (χ1) is 9.65. The zero-order valence-electron chi connectivity index (χ0n) is 11.0. The summed E-state index contributed by atoms with van der Waals surface area (Å²) < 4.78 is 13.7. The molecule has 1 saturated carbocycles. The van der Waals surface area contributed by atoms with Crippen LogP contribution in [0.15, 0.2) is 46.9 Å². The molecule has 0 aromatic heterocycles. The highest BCUT2D eigenvalue weighted by molar-refractivity contribution is 9.10. The quantitative estimate of drug-likeness (QED) is 0.843. The fourth-order valence-electron chi connectivity index (χ4n) is 2.63. The second-order valence-electron chi connectivity index (χ2n) is 5.37. The fraction of sp³-hybridized carbons (Fsp3) is 0.294. The Hall–Kier alpha value is -1.19. The van der Waals surface area contributed by atoms with Crippen molar-refractivity contribution in [2.24, 2.45) is 0 Å². The molecular formula is C17H16BrFO. The minimum absolute atomic E-state index is 0.309. The van der Waals surface area contributed by atoms with Crippen molar-refractivity contribution in [2.75, 3.05) is 0 Å². The van der Waals surface area contributed by atoms with Crippen molar-refractivity contribution in [1.29, 1.82) is 0 Å². The van der Waals surface area contributed by atoms with Crippen LogP contribution >= 0.6 is 15.9 Å². The van der Waals surface area contributed by atoms with Gasteiger partial charge in [0, 0.05) is 4.47 Å². The van der Waals surface area contributed by atoms with E-state index in [9.17, 15) is 9.50 Å². The number of aliphatic hydroxyl groups is 1.